The number of alkyl halides is 1. The van der Waals surface area contributed by atoms with Crippen LogP contribution in [0.3, 0.4) is 0 Å². The highest BCUT2D eigenvalue weighted by molar-refractivity contribution is 9.09. The van der Waals surface area contributed by atoms with Gasteiger partial charge in [0, 0.05) is 17.6 Å². The van der Waals surface area contributed by atoms with Gasteiger partial charge in [-0.1, -0.05) is 27.6 Å². The molecular weight excluding hydrogens is 230 g/mol. The first-order chi connectivity index (χ1) is 6.26. The third-order valence-electron chi connectivity index (χ3n) is 1.59. The summed E-state index contributed by atoms with van der Waals surface area (Å²) in [5.74, 6) is 0.647. The van der Waals surface area contributed by atoms with Crippen LogP contribution in [0.5, 0.6) is 5.88 Å². The number of methoxy groups -OCH3 is 1. The molecule has 0 N–H and O–H groups in total. The smallest absolute Gasteiger partial charge is 0.212 e. The lowest BCUT2D eigenvalue weighted by Crippen LogP contribution is -1.87. The third kappa shape index (κ3) is 3.19. The molecule has 1 aromatic heterocycles. The molecule has 0 amide bonds. The molecule has 13 heavy (non-hydrogen) atoms. The van der Waals surface area contributed by atoms with Gasteiger partial charge in [-0.3, -0.25) is 0 Å². The summed E-state index contributed by atoms with van der Waals surface area (Å²) in [5.41, 5.74) is 2.37. The van der Waals surface area contributed by atoms with E-state index in [1.54, 1.807) is 13.3 Å². The van der Waals surface area contributed by atoms with Crippen LogP contribution in [0, 0.1) is 0 Å². The highest BCUT2D eigenvalue weighted by Crippen LogP contribution is 2.10. The quantitative estimate of drug-likeness (QED) is 0.760. The lowest BCUT2D eigenvalue weighted by Gasteiger charge is -1.99. The van der Waals surface area contributed by atoms with E-state index in [0.717, 1.165) is 10.9 Å². The first kappa shape index (κ1) is 10.3. The number of hydrogen-bond acceptors (Lipinski definition) is 2. The summed E-state index contributed by atoms with van der Waals surface area (Å²) in [5, 5.41) is 0.888. The molecule has 0 spiro atoms. The zero-order chi connectivity index (χ0) is 9.68. The predicted octanol–water partition coefficient (Wildman–Crippen LogP) is 2.89. The molecule has 3 heteroatoms. The molecule has 0 radical (unpaired) electrons. The molecule has 1 aromatic rings. The molecule has 0 aliphatic heterocycles. The molecule has 0 atom stereocenters. The van der Waals surface area contributed by atoms with E-state index in [9.17, 15) is 0 Å². The molecular formula is C10H12BrNO. The normalized spacial score (nSPS) is 11.5. The van der Waals surface area contributed by atoms with Crippen molar-refractivity contribution in [3.05, 3.63) is 29.5 Å². The van der Waals surface area contributed by atoms with Gasteiger partial charge in [0.05, 0.1) is 7.11 Å². The molecule has 2 nitrogen and oxygen atoms in total. The summed E-state index contributed by atoms with van der Waals surface area (Å²) in [7, 11) is 1.61. The van der Waals surface area contributed by atoms with E-state index in [4.69, 9.17) is 4.74 Å². The molecule has 0 fully saturated rings. The average molecular weight is 242 g/mol. The van der Waals surface area contributed by atoms with Crippen molar-refractivity contribution in [1.29, 1.82) is 0 Å². The van der Waals surface area contributed by atoms with E-state index in [-0.39, 0.29) is 0 Å². The summed E-state index contributed by atoms with van der Waals surface area (Å²) < 4.78 is 4.96. The van der Waals surface area contributed by atoms with Gasteiger partial charge in [-0.2, -0.15) is 0 Å². The average Bonchev–Trinajstić information content (AvgIpc) is 2.19. The Morgan fingerprint density at radius 2 is 2.38 bits per heavy atom. The second kappa shape index (κ2) is 5.02. The van der Waals surface area contributed by atoms with Crippen LogP contribution in [0.25, 0.3) is 6.08 Å². The fourth-order valence-electron chi connectivity index (χ4n) is 0.921. The third-order valence-corrected chi connectivity index (χ3v) is 2.48. The van der Waals surface area contributed by atoms with E-state index >= 15 is 0 Å². The second-order valence-corrected chi connectivity index (χ2v) is 3.32. The van der Waals surface area contributed by atoms with Crippen molar-refractivity contribution in [2.24, 2.45) is 0 Å². The first-order valence-corrected chi connectivity index (χ1v) is 5.11. The van der Waals surface area contributed by atoms with Crippen LogP contribution in [0.2, 0.25) is 0 Å². The molecule has 1 heterocycles. The summed E-state index contributed by atoms with van der Waals surface area (Å²) in [4.78, 5) is 4.10. The number of pyridine rings is 1. The van der Waals surface area contributed by atoms with Gasteiger partial charge in [-0.15, -0.1) is 0 Å². The van der Waals surface area contributed by atoms with Crippen LogP contribution in [-0.4, -0.2) is 17.4 Å². The van der Waals surface area contributed by atoms with Crippen molar-refractivity contribution in [3.8, 4) is 5.88 Å². The number of ether oxygens (including phenoxy) is 1. The van der Waals surface area contributed by atoms with Crippen molar-refractivity contribution in [2.75, 3.05) is 12.4 Å². The van der Waals surface area contributed by atoms with Gasteiger partial charge in [0.2, 0.25) is 5.88 Å². The van der Waals surface area contributed by atoms with Crippen LogP contribution in [0.1, 0.15) is 12.5 Å². The molecule has 0 aliphatic rings. The minimum Gasteiger partial charge on any atom is -0.481 e. The van der Waals surface area contributed by atoms with E-state index in [1.165, 1.54) is 5.57 Å². The Morgan fingerprint density at radius 1 is 1.62 bits per heavy atom. The maximum atomic E-state index is 4.96. The van der Waals surface area contributed by atoms with E-state index in [2.05, 4.69) is 33.9 Å². The molecule has 0 unspecified atom stereocenters. The number of allylic oxidation sites excluding steroid dienone is 1. The van der Waals surface area contributed by atoms with Gasteiger partial charge in [-0.25, -0.2) is 4.98 Å². The second-order valence-electron chi connectivity index (χ2n) is 2.76. The summed E-state index contributed by atoms with van der Waals surface area (Å²) in [6.07, 6.45) is 3.88. The van der Waals surface area contributed by atoms with Crippen molar-refractivity contribution in [2.45, 2.75) is 6.92 Å². The Kier molecular flexibility index (Phi) is 3.96. The molecule has 70 valence electrons. The monoisotopic (exact) mass is 241 g/mol. The lowest BCUT2D eigenvalue weighted by atomic mass is 10.2. The highest BCUT2D eigenvalue weighted by Gasteiger charge is 1.92. The molecule has 0 saturated carbocycles. The maximum absolute atomic E-state index is 4.96. The minimum absolute atomic E-state index is 0.647. The Morgan fingerprint density at radius 3 is 2.85 bits per heavy atom. The molecule has 0 aromatic carbocycles. The summed E-state index contributed by atoms with van der Waals surface area (Å²) in [6, 6.07) is 3.84. The molecule has 1 rings (SSSR count). The van der Waals surface area contributed by atoms with Crippen LogP contribution in [0.15, 0.2) is 23.9 Å². The number of hydrogen-bond donors (Lipinski definition) is 0. The molecule has 0 bridgehead atoms. The molecule has 0 saturated heterocycles. The van der Waals surface area contributed by atoms with Gasteiger partial charge >= 0.3 is 0 Å². The van der Waals surface area contributed by atoms with Gasteiger partial charge < -0.3 is 4.74 Å². The van der Waals surface area contributed by atoms with Crippen molar-refractivity contribution in [1.82, 2.24) is 4.98 Å². The number of nitrogens with zero attached hydrogens (tertiary/aromatic N) is 1. The predicted molar refractivity (Wildman–Crippen MR) is 58.2 cm³/mol. The Bertz CT molecular complexity index is 292. The Hall–Kier alpha value is -0.830. The summed E-state index contributed by atoms with van der Waals surface area (Å²) in [6.45, 7) is 2.07. The first-order valence-electron chi connectivity index (χ1n) is 3.99. The number of rotatable bonds is 3. The van der Waals surface area contributed by atoms with Gasteiger partial charge in [-0.05, 0) is 18.6 Å². The van der Waals surface area contributed by atoms with Crippen LogP contribution >= 0.6 is 15.9 Å². The van der Waals surface area contributed by atoms with Gasteiger partial charge in [0.25, 0.3) is 0 Å². The largest absolute Gasteiger partial charge is 0.481 e. The van der Waals surface area contributed by atoms with E-state index < -0.39 is 0 Å². The van der Waals surface area contributed by atoms with Crippen LogP contribution in [0.4, 0.5) is 0 Å². The van der Waals surface area contributed by atoms with Crippen molar-refractivity contribution >= 4 is 22.0 Å². The SMILES string of the molecule is COc1ccc(/C=C(/C)CBr)cn1. The standard InChI is InChI=1S/C10H12BrNO/c1-8(6-11)5-9-3-4-10(13-2)12-7-9/h3-5,7H,6H2,1-2H3/b8-5-. The van der Waals surface area contributed by atoms with E-state index in [0.29, 0.717) is 5.88 Å². The fourth-order valence-corrected chi connectivity index (χ4v) is 1.08. The Labute approximate surface area is 86.8 Å². The van der Waals surface area contributed by atoms with Gasteiger partial charge in [0.15, 0.2) is 0 Å². The zero-order valence-corrected chi connectivity index (χ0v) is 9.34. The summed E-state index contributed by atoms with van der Waals surface area (Å²) >= 11 is 3.39. The number of aromatic nitrogens is 1. The fraction of sp³-hybridized carbons (Fsp3) is 0.300. The topological polar surface area (TPSA) is 22.1 Å². The van der Waals surface area contributed by atoms with Crippen molar-refractivity contribution < 1.29 is 4.74 Å². The van der Waals surface area contributed by atoms with E-state index in [1.807, 2.05) is 12.1 Å². The van der Waals surface area contributed by atoms with Crippen LogP contribution in [-0.2, 0) is 0 Å². The Balaban J connectivity index is 2.80. The lowest BCUT2D eigenvalue weighted by molar-refractivity contribution is 0.398. The highest BCUT2D eigenvalue weighted by atomic mass is 79.9. The number of halogens is 1. The minimum atomic E-state index is 0.647. The van der Waals surface area contributed by atoms with Crippen LogP contribution < -0.4 is 4.74 Å². The van der Waals surface area contributed by atoms with Crippen molar-refractivity contribution in [3.63, 3.8) is 0 Å². The maximum Gasteiger partial charge on any atom is 0.212 e. The zero-order valence-electron chi connectivity index (χ0n) is 7.75. The van der Waals surface area contributed by atoms with Gasteiger partial charge in [0.1, 0.15) is 0 Å². The molecule has 0 aliphatic carbocycles.